The third kappa shape index (κ3) is 3.11. The molecule has 0 aliphatic carbocycles. The molecular weight excluding hydrogens is 230 g/mol. The average molecular weight is 239 g/mol. The van der Waals surface area contributed by atoms with E-state index in [4.69, 9.17) is 5.53 Å². The molecule has 0 saturated carbocycles. The number of rotatable bonds is 5. The van der Waals surface area contributed by atoms with Gasteiger partial charge in [0.25, 0.3) is 0 Å². The maximum Gasteiger partial charge on any atom is 0.369 e. The van der Waals surface area contributed by atoms with Crippen molar-refractivity contribution in [2.45, 2.75) is 12.2 Å². The summed E-state index contributed by atoms with van der Waals surface area (Å²) in [6.07, 6.45) is -1.75. The molecule has 0 radical (unpaired) electrons. The fourth-order valence-electron chi connectivity index (χ4n) is 1.22. The van der Waals surface area contributed by atoms with Gasteiger partial charge in [0.05, 0.1) is 18.2 Å². The molecule has 2 unspecified atom stereocenters. The first kappa shape index (κ1) is 12.8. The van der Waals surface area contributed by atoms with E-state index in [9.17, 15) is 20.3 Å². The SMILES string of the molecule is [N-]=[N+]=NCC(O)C(O)c1cccnc1[N+](=O)[O-]. The number of azide groups is 1. The summed E-state index contributed by atoms with van der Waals surface area (Å²) in [4.78, 5) is 15.8. The summed E-state index contributed by atoms with van der Waals surface area (Å²) in [6.45, 7) is -0.385. The van der Waals surface area contributed by atoms with Gasteiger partial charge in [0.15, 0.2) is 0 Å². The Morgan fingerprint density at radius 3 is 2.94 bits per heavy atom. The summed E-state index contributed by atoms with van der Waals surface area (Å²) < 4.78 is 0. The molecule has 90 valence electrons. The Morgan fingerprint density at radius 1 is 1.65 bits per heavy atom. The molecule has 0 spiro atoms. The van der Waals surface area contributed by atoms with Gasteiger partial charge in [-0.25, -0.2) is 0 Å². The van der Waals surface area contributed by atoms with Crippen LogP contribution in [0, 0.1) is 10.1 Å². The predicted molar refractivity (Wildman–Crippen MR) is 55.9 cm³/mol. The Labute approximate surface area is 95.1 Å². The van der Waals surface area contributed by atoms with E-state index in [1.54, 1.807) is 0 Å². The Kier molecular flexibility index (Phi) is 4.35. The minimum Gasteiger partial charge on any atom is -0.390 e. The first-order valence-electron chi connectivity index (χ1n) is 4.54. The van der Waals surface area contributed by atoms with Crippen molar-refractivity contribution in [2.24, 2.45) is 5.11 Å². The van der Waals surface area contributed by atoms with Crippen molar-refractivity contribution in [3.05, 3.63) is 44.5 Å². The highest BCUT2D eigenvalue weighted by Gasteiger charge is 2.26. The second-order valence-electron chi connectivity index (χ2n) is 3.10. The van der Waals surface area contributed by atoms with Crippen LogP contribution in [0.1, 0.15) is 11.7 Å². The maximum atomic E-state index is 10.6. The molecule has 1 heterocycles. The van der Waals surface area contributed by atoms with Crippen LogP contribution in [0.4, 0.5) is 5.82 Å². The van der Waals surface area contributed by atoms with E-state index in [0.29, 0.717) is 0 Å². The fraction of sp³-hybridized carbons (Fsp3) is 0.375. The van der Waals surface area contributed by atoms with E-state index in [0.717, 1.165) is 0 Å². The molecule has 0 fully saturated rings. The summed E-state index contributed by atoms with van der Waals surface area (Å²) >= 11 is 0. The first-order chi connectivity index (χ1) is 8.07. The van der Waals surface area contributed by atoms with Crippen molar-refractivity contribution < 1.29 is 15.1 Å². The van der Waals surface area contributed by atoms with Crippen molar-refractivity contribution in [3.8, 4) is 0 Å². The number of aliphatic hydroxyl groups is 2. The molecule has 0 aliphatic rings. The molecule has 1 aromatic rings. The molecule has 0 bridgehead atoms. The average Bonchev–Trinajstić information content (AvgIpc) is 2.34. The Morgan fingerprint density at radius 2 is 2.35 bits per heavy atom. The van der Waals surface area contributed by atoms with Gasteiger partial charge in [-0.05, 0) is 27.6 Å². The van der Waals surface area contributed by atoms with Crippen molar-refractivity contribution in [1.82, 2.24) is 4.98 Å². The smallest absolute Gasteiger partial charge is 0.369 e. The summed E-state index contributed by atoms with van der Waals surface area (Å²) in [5.74, 6) is -0.542. The quantitative estimate of drug-likeness (QED) is 0.255. The van der Waals surface area contributed by atoms with Gasteiger partial charge < -0.3 is 20.3 Å². The lowest BCUT2D eigenvalue weighted by molar-refractivity contribution is -0.391. The standard InChI is InChI=1S/C8H9N5O4/c9-12-11-4-6(14)7(15)5-2-1-3-10-8(5)13(16)17/h1-3,6-7,14-15H,4H2. The zero-order valence-corrected chi connectivity index (χ0v) is 8.54. The molecule has 0 amide bonds. The van der Waals surface area contributed by atoms with E-state index in [1.807, 2.05) is 0 Å². The van der Waals surface area contributed by atoms with Gasteiger partial charge >= 0.3 is 5.82 Å². The number of hydrogen-bond acceptors (Lipinski definition) is 6. The number of pyridine rings is 1. The molecule has 2 N–H and O–H groups in total. The van der Waals surface area contributed by atoms with Crippen LogP contribution in [0.2, 0.25) is 0 Å². The normalized spacial score (nSPS) is 13.5. The van der Waals surface area contributed by atoms with Crippen molar-refractivity contribution >= 4 is 5.82 Å². The minimum atomic E-state index is -1.53. The second kappa shape index (κ2) is 5.75. The summed E-state index contributed by atoms with van der Waals surface area (Å²) in [5.41, 5.74) is 7.93. The second-order valence-corrected chi connectivity index (χ2v) is 3.10. The molecule has 2 atom stereocenters. The molecule has 9 heteroatoms. The van der Waals surface area contributed by atoms with Crippen LogP contribution in [0.15, 0.2) is 23.4 Å². The molecule has 0 aliphatic heterocycles. The molecule has 1 rings (SSSR count). The van der Waals surface area contributed by atoms with E-state index in [2.05, 4.69) is 15.0 Å². The van der Waals surface area contributed by atoms with Gasteiger partial charge in [-0.2, -0.15) is 0 Å². The number of nitro groups is 1. The van der Waals surface area contributed by atoms with E-state index in [1.165, 1.54) is 18.3 Å². The number of hydrogen-bond donors (Lipinski definition) is 2. The highest BCUT2D eigenvalue weighted by atomic mass is 16.6. The lowest BCUT2D eigenvalue weighted by Gasteiger charge is -2.15. The Hall–Kier alpha value is -2.22. The Bertz CT molecular complexity index is 459. The van der Waals surface area contributed by atoms with Crippen LogP contribution in [-0.4, -0.2) is 32.8 Å². The topological polar surface area (TPSA) is 145 Å². The zero-order chi connectivity index (χ0) is 12.8. The van der Waals surface area contributed by atoms with E-state index < -0.39 is 22.9 Å². The van der Waals surface area contributed by atoms with Crippen LogP contribution < -0.4 is 0 Å². The molecule has 0 saturated heterocycles. The van der Waals surface area contributed by atoms with Gasteiger partial charge in [0.1, 0.15) is 12.3 Å². The van der Waals surface area contributed by atoms with Crippen molar-refractivity contribution in [3.63, 3.8) is 0 Å². The third-order valence-corrected chi connectivity index (χ3v) is 2.00. The van der Waals surface area contributed by atoms with Crippen LogP contribution in [0.25, 0.3) is 10.4 Å². The van der Waals surface area contributed by atoms with E-state index in [-0.39, 0.29) is 12.1 Å². The van der Waals surface area contributed by atoms with Crippen LogP contribution in [0.5, 0.6) is 0 Å². The lowest BCUT2D eigenvalue weighted by atomic mass is 10.1. The highest BCUT2D eigenvalue weighted by molar-refractivity contribution is 5.34. The van der Waals surface area contributed by atoms with Crippen molar-refractivity contribution in [1.29, 1.82) is 0 Å². The largest absolute Gasteiger partial charge is 0.390 e. The van der Waals surface area contributed by atoms with Crippen LogP contribution >= 0.6 is 0 Å². The third-order valence-electron chi connectivity index (χ3n) is 2.00. The number of nitrogens with zero attached hydrogens (tertiary/aromatic N) is 5. The fourth-order valence-corrected chi connectivity index (χ4v) is 1.22. The van der Waals surface area contributed by atoms with Gasteiger partial charge in [0, 0.05) is 4.91 Å². The van der Waals surface area contributed by atoms with Crippen molar-refractivity contribution in [2.75, 3.05) is 6.54 Å². The molecule has 0 aromatic carbocycles. The molecule has 9 nitrogen and oxygen atoms in total. The lowest BCUT2D eigenvalue weighted by Crippen LogP contribution is -2.22. The van der Waals surface area contributed by atoms with Gasteiger partial charge in [-0.3, -0.25) is 0 Å². The monoisotopic (exact) mass is 239 g/mol. The Balaban J connectivity index is 2.98. The summed E-state index contributed by atoms with van der Waals surface area (Å²) in [7, 11) is 0. The molecular formula is C8H9N5O4. The maximum absolute atomic E-state index is 10.6. The molecule has 17 heavy (non-hydrogen) atoms. The highest BCUT2D eigenvalue weighted by Crippen LogP contribution is 2.24. The van der Waals surface area contributed by atoms with Gasteiger partial charge in [-0.1, -0.05) is 5.11 Å². The molecule has 1 aromatic heterocycles. The minimum absolute atomic E-state index is 0.127. The number of aliphatic hydroxyl groups excluding tert-OH is 2. The van der Waals surface area contributed by atoms with E-state index >= 15 is 0 Å². The summed E-state index contributed by atoms with van der Waals surface area (Å²) in [5, 5.41) is 32.8. The predicted octanol–water partition coefficient (Wildman–Crippen LogP) is 0.694. The first-order valence-corrected chi connectivity index (χ1v) is 4.54. The summed E-state index contributed by atoms with van der Waals surface area (Å²) in [6, 6.07) is 2.67. The van der Waals surface area contributed by atoms with Crippen LogP contribution in [-0.2, 0) is 0 Å². The van der Waals surface area contributed by atoms with Gasteiger partial charge in [0.2, 0.25) is 0 Å². The zero-order valence-electron chi connectivity index (χ0n) is 8.54. The van der Waals surface area contributed by atoms with Crippen LogP contribution in [0.3, 0.4) is 0 Å². The number of aromatic nitrogens is 1. The van der Waals surface area contributed by atoms with Gasteiger partial charge in [-0.15, -0.1) is 0 Å².